The van der Waals surface area contributed by atoms with Gasteiger partial charge < -0.3 is 10.2 Å². The first kappa shape index (κ1) is 10.9. The van der Waals surface area contributed by atoms with Crippen LogP contribution in [0.25, 0.3) is 0 Å². The molecule has 0 aromatic carbocycles. The van der Waals surface area contributed by atoms with Crippen molar-refractivity contribution in [1.82, 2.24) is 10.2 Å². The lowest BCUT2D eigenvalue weighted by molar-refractivity contribution is -0.129. The van der Waals surface area contributed by atoms with Crippen LogP contribution in [0.5, 0.6) is 0 Å². The molecule has 1 saturated heterocycles. The third-order valence-corrected chi connectivity index (χ3v) is 3.74. The number of carbonyl (C=O) groups excluding carboxylic acids is 1. The van der Waals surface area contributed by atoms with Gasteiger partial charge in [0.15, 0.2) is 0 Å². The number of carbonyl (C=O) groups is 1. The monoisotopic (exact) mass is 210 g/mol. The highest BCUT2D eigenvalue weighted by molar-refractivity contribution is 5.78. The molecule has 0 radical (unpaired) electrons. The second-order valence-electron chi connectivity index (χ2n) is 5.29. The van der Waals surface area contributed by atoms with E-state index in [-0.39, 0.29) is 5.91 Å². The standard InChI is InChI=1S/C12H22N2O/c1-9(2)13-6-12(15)14-7-10-4-3-5-11(10)8-14/h9-11,13H,3-8H2,1-2H3. The van der Waals surface area contributed by atoms with E-state index in [9.17, 15) is 4.79 Å². The minimum atomic E-state index is 0.290. The van der Waals surface area contributed by atoms with Gasteiger partial charge in [0.2, 0.25) is 5.91 Å². The van der Waals surface area contributed by atoms with Crippen molar-refractivity contribution < 1.29 is 4.79 Å². The smallest absolute Gasteiger partial charge is 0.236 e. The molecular weight excluding hydrogens is 188 g/mol. The average molecular weight is 210 g/mol. The Labute approximate surface area is 92.2 Å². The molecule has 2 aliphatic rings. The van der Waals surface area contributed by atoms with Crippen molar-refractivity contribution in [2.75, 3.05) is 19.6 Å². The summed E-state index contributed by atoms with van der Waals surface area (Å²) < 4.78 is 0. The largest absolute Gasteiger partial charge is 0.341 e. The Morgan fingerprint density at radius 1 is 1.33 bits per heavy atom. The Hall–Kier alpha value is -0.570. The first-order valence-corrected chi connectivity index (χ1v) is 6.18. The van der Waals surface area contributed by atoms with E-state index < -0.39 is 0 Å². The van der Waals surface area contributed by atoms with Crippen LogP contribution >= 0.6 is 0 Å². The summed E-state index contributed by atoms with van der Waals surface area (Å²) in [5.41, 5.74) is 0. The molecule has 2 unspecified atom stereocenters. The van der Waals surface area contributed by atoms with Gasteiger partial charge >= 0.3 is 0 Å². The van der Waals surface area contributed by atoms with Gasteiger partial charge in [0, 0.05) is 19.1 Å². The lowest BCUT2D eigenvalue weighted by Gasteiger charge is -2.18. The predicted octanol–water partition coefficient (Wildman–Crippen LogP) is 1.24. The van der Waals surface area contributed by atoms with Crippen LogP contribution in [-0.2, 0) is 4.79 Å². The quantitative estimate of drug-likeness (QED) is 0.760. The van der Waals surface area contributed by atoms with Gasteiger partial charge in [0.25, 0.3) is 0 Å². The van der Waals surface area contributed by atoms with Crippen LogP contribution in [0.2, 0.25) is 0 Å². The number of nitrogens with one attached hydrogen (secondary N) is 1. The number of fused-ring (bicyclic) bond motifs is 1. The number of rotatable bonds is 3. The molecule has 1 aliphatic carbocycles. The summed E-state index contributed by atoms with van der Waals surface area (Å²) in [5, 5.41) is 3.20. The number of hydrogen-bond donors (Lipinski definition) is 1. The molecule has 3 nitrogen and oxygen atoms in total. The Balaban J connectivity index is 1.78. The Morgan fingerprint density at radius 3 is 2.47 bits per heavy atom. The Bertz CT molecular complexity index is 228. The fourth-order valence-electron chi connectivity index (χ4n) is 2.84. The molecule has 2 atom stereocenters. The molecular formula is C12H22N2O. The first-order valence-electron chi connectivity index (χ1n) is 6.18. The zero-order valence-corrected chi connectivity index (χ0v) is 9.83. The van der Waals surface area contributed by atoms with E-state index in [1.165, 1.54) is 19.3 Å². The molecule has 1 N–H and O–H groups in total. The molecule has 0 bridgehead atoms. The molecule has 1 aliphatic heterocycles. The van der Waals surface area contributed by atoms with Crippen molar-refractivity contribution in [2.45, 2.75) is 39.2 Å². The number of nitrogens with zero attached hydrogens (tertiary/aromatic N) is 1. The van der Waals surface area contributed by atoms with E-state index in [1.54, 1.807) is 0 Å². The van der Waals surface area contributed by atoms with Crippen molar-refractivity contribution in [2.24, 2.45) is 11.8 Å². The summed E-state index contributed by atoms with van der Waals surface area (Å²) in [4.78, 5) is 13.9. The van der Waals surface area contributed by atoms with Crippen molar-refractivity contribution in [3.8, 4) is 0 Å². The maximum Gasteiger partial charge on any atom is 0.236 e. The molecule has 2 fully saturated rings. The summed E-state index contributed by atoms with van der Waals surface area (Å²) >= 11 is 0. The van der Waals surface area contributed by atoms with Gasteiger partial charge in [-0.3, -0.25) is 4.79 Å². The molecule has 1 heterocycles. The van der Waals surface area contributed by atoms with Gasteiger partial charge in [-0.25, -0.2) is 0 Å². The summed E-state index contributed by atoms with van der Waals surface area (Å²) in [6, 6.07) is 0.399. The zero-order valence-electron chi connectivity index (χ0n) is 9.83. The highest BCUT2D eigenvalue weighted by atomic mass is 16.2. The lowest BCUT2D eigenvalue weighted by Crippen LogP contribution is -2.39. The van der Waals surface area contributed by atoms with Crippen LogP contribution in [0, 0.1) is 11.8 Å². The van der Waals surface area contributed by atoms with Crippen molar-refractivity contribution in [3.63, 3.8) is 0 Å². The van der Waals surface area contributed by atoms with Gasteiger partial charge in [-0.05, 0) is 24.7 Å². The molecule has 1 saturated carbocycles. The third-order valence-electron chi connectivity index (χ3n) is 3.74. The highest BCUT2D eigenvalue weighted by Crippen LogP contribution is 2.37. The third kappa shape index (κ3) is 2.51. The topological polar surface area (TPSA) is 32.3 Å². The SMILES string of the molecule is CC(C)NCC(=O)N1CC2CCCC2C1. The van der Waals surface area contributed by atoms with Crippen LogP contribution < -0.4 is 5.32 Å². The van der Waals surface area contributed by atoms with Crippen LogP contribution in [0.4, 0.5) is 0 Å². The van der Waals surface area contributed by atoms with E-state index in [0.29, 0.717) is 12.6 Å². The average Bonchev–Trinajstić information content (AvgIpc) is 2.72. The van der Waals surface area contributed by atoms with Gasteiger partial charge in [0.1, 0.15) is 0 Å². The van der Waals surface area contributed by atoms with Gasteiger partial charge in [-0.15, -0.1) is 0 Å². The fraction of sp³-hybridized carbons (Fsp3) is 0.917. The molecule has 15 heavy (non-hydrogen) atoms. The minimum Gasteiger partial charge on any atom is -0.341 e. The van der Waals surface area contributed by atoms with Crippen LogP contribution in [0.1, 0.15) is 33.1 Å². The fourth-order valence-corrected chi connectivity index (χ4v) is 2.84. The predicted molar refractivity (Wildman–Crippen MR) is 60.5 cm³/mol. The van der Waals surface area contributed by atoms with Crippen LogP contribution in [0.15, 0.2) is 0 Å². The lowest BCUT2D eigenvalue weighted by atomic mass is 10.0. The molecule has 3 heteroatoms. The van der Waals surface area contributed by atoms with Crippen LogP contribution in [0.3, 0.4) is 0 Å². The second-order valence-corrected chi connectivity index (χ2v) is 5.29. The van der Waals surface area contributed by atoms with Crippen molar-refractivity contribution >= 4 is 5.91 Å². The second kappa shape index (κ2) is 4.52. The first-order chi connectivity index (χ1) is 7.16. The number of likely N-dealkylation sites (tertiary alicyclic amines) is 1. The van der Waals surface area contributed by atoms with E-state index in [1.807, 2.05) is 0 Å². The van der Waals surface area contributed by atoms with E-state index in [4.69, 9.17) is 0 Å². The maximum atomic E-state index is 11.8. The summed E-state index contributed by atoms with van der Waals surface area (Å²) in [5.74, 6) is 1.92. The maximum absolute atomic E-state index is 11.8. The summed E-state index contributed by atoms with van der Waals surface area (Å²) in [7, 11) is 0. The van der Waals surface area contributed by atoms with Crippen LogP contribution in [-0.4, -0.2) is 36.5 Å². The van der Waals surface area contributed by atoms with Gasteiger partial charge in [-0.2, -0.15) is 0 Å². The summed E-state index contributed by atoms with van der Waals surface area (Å²) in [6.45, 7) is 6.70. The van der Waals surface area contributed by atoms with Crippen molar-refractivity contribution in [3.05, 3.63) is 0 Å². The minimum absolute atomic E-state index is 0.290. The van der Waals surface area contributed by atoms with Gasteiger partial charge in [-0.1, -0.05) is 20.3 Å². The summed E-state index contributed by atoms with van der Waals surface area (Å²) in [6.07, 6.45) is 4.06. The number of hydrogen-bond acceptors (Lipinski definition) is 2. The van der Waals surface area contributed by atoms with E-state index in [0.717, 1.165) is 24.9 Å². The molecule has 0 aromatic rings. The zero-order chi connectivity index (χ0) is 10.8. The van der Waals surface area contributed by atoms with Gasteiger partial charge in [0.05, 0.1) is 6.54 Å². The normalized spacial score (nSPS) is 29.9. The number of amides is 1. The molecule has 1 amide bonds. The molecule has 0 aromatic heterocycles. The highest BCUT2D eigenvalue weighted by Gasteiger charge is 2.37. The molecule has 0 spiro atoms. The molecule has 2 rings (SSSR count). The molecule has 86 valence electrons. The Kier molecular flexibility index (Phi) is 3.29. The van der Waals surface area contributed by atoms with Crippen molar-refractivity contribution in [1.29, 1.82) is 0 Å². The Morgan fingerprint density at radius 2 is 1.93 bits per heavy atom. The van der Waals surface area contributed by atoms with E-state index >= 15 is 0 Å². The van der Waals surface area contributed by atoms with E-state index in [2.05, 4.69) is 24.1 Å².